The van der Waals surface area contributed by atoms with Crippen molar-refractivity contribution in [1.82, 2.24) is 19.8 Å². The number of nitrogens with zero attached hydrogens (tertiary/aromatic N) is 4. The first-order valence-corrected chi connectivity index (χ1v) is 13.7. The zero-order valence-electron chi connectivity index (χ0n) is 24.4. The zero-order valence-corrected chi connectivity index (χ0v) is 24.4. The molecule has 1 N–H and O–H groups in total. The van der Waals surface area contributed by atoms with Gasteiger partial charge < -0.3 is 24.4 Å². The van der Waals surface area contributed by atoms with Crippen LogP contribution in [0.5, 0.6) is 11.5 Å². The Labute approximate surface area is 239 Å². The fourth-order valence-electron chi connectivity index (χ4n) is 4.33. The Morgan fingerprint density at radius 1 is 0.975 bits per heavy atom. The van der Waals surface area contributed by atoms with Crippen molar-refractivity contribution in [2.45, 2.75) is 27.0 Å². The van der Waals surface area contributed by atoms with E-state index in [9.17, 15) is 0 Å². The van der Waals surface area contributed by atoms with Crippen molar-refractivity contribution in [1.29, 1.82) is 0 Å². The zero-order chi connectivity index (χ0) is 28.7. The minimum atomic E-state index is 0.422. The third-order valence-electron chi connectivity index (χ3n) is 6.48. The number of ether oxygens (including phenoxy) is 3. The molecule has 1 aromatic heterocycles. The number of aromatic nitrogens is 2. The highest BCUT2D eigenvalue weighted by Crippen LogP contribution is 2.29. The minimum absolute atomic E-state index is 0.422. The first-order chi connectivity index (χ1) is 19.5. The van der Waals surface area contributed by atoms with Crippen LogP contribution in [0.25, 0.3) is 11.3 Å². The van der Waals surface area contributed by atoms with Gasteiger partial charge in [0.05, 0.1) is 26.0 Å². The maximum Gasteiger partial charge on any atom is 0.227 e. The first-order valence-electron chi connectivity index (χ1n) is 13.7. The second-order valence-electron chi connectivity index (χ2n) is 9.40. The summed E-state index contributed by atoms with van der Waals surface area (Å²) < 4.78 is 17.4. The Hall–Kier alpha value is -3.72. The van der Waals surface area contributed by atoms with Crippen molar-refractivity contribution in [2.24, 2.45) is 0 Å². The molecule has 0 spiro atoms. The van der Waals surface area contributed by atoms with Crippen molar-refractivity contribution in [3.8, 4) is 22.8 Å². The fourth-order valence-corrected chi connectivity index (χ4v) is 4.33. The van der Waals surface area contributed by atoms with Gasteiger partial charge in [0.25, 0.3) is 0 Å². The normalized spacial score (nSPS) is 11.1. The molecule has 0 aliphatic heterocycles. The van der Waals surface area contributed by atoms with Gasteiger partial charge in [-0.3, -0.25) is 4.90 Å². The summed E-state index contributed by atoms with van der Waals surface area (Å²) in [6.45, 7) is 17.9. The molecule has 0 saturated heterocycles. The Kier molecular flexibility index (Phi) is 12.6. The molecule has 0 unspecified atom stereocenters. The quantitative estimate of drug-likeness (QED) is 0.156. The largest absolute Gasteiger partial charge is 0.496 e. The summed E-state index contributed by atoms with van der Waals surface area (Å²) in [5.74, 6) is 2.17. The number of hydrogen-bond acceptors (Lipinski definition) is 8. The number of likely N-dealkylation sites (N-methyl/N-ethyl adjacent to an activating group) is 2. The Morgan fingerprint density at radius 3 is 2.50 bits per heavy atom. The topological polar surface area (TPSA) is 72.0 Å². The molecule has 0 aliphatic carbocycles. The molecule has 0 saturated carbocycles. The van der Waals surface area contributed by atoms with Crippen LogP contribution in [0.4, 0.5) is 11.6 Å². The lowest BCUT2D eigenvalue weighted by molar-refractivity contribution is 0.146. The van der Waals surface area contributed by atoms with Gasteiger partial charge in [0, 0.05) is 48.2 Å². The highest BCUT2D eigenvalue weighted by molar-refractivity contribution is 5.64. The monoisotopic (exact) mass is 545 g/mol. The number of hydrogen-bond donors (Lipinski definition) is 1. The highest BCUT2D eigenvalue weighted by Gasteiger charge is 2.12. The van der Waals surface area contributed by atoms with Crippen LogP contribution in [0.15, 0.2) is 74.0 Å². The molecule has 3 aromatic rings. The molecule has 8 heteroatoms. The number of anilines is 2. The predicted octanol–water partition coefficient (Wildman–Crippen LogP) is 5.94. The van der Waals surface area contributed by atoms with Gasteiger partial charge in [0.15, 0.2) is 0 Å². The number of nitrogens with one attached hydrogen (secondary N) is 1. The maximum absolute atomic E-state index is 6.22. The lowest BCUT2D eigenvalue weighted by Gasteiger charge is -2.21. The van der Waals surface area contributed by atoms with Crippen LogP contribution in [0.3, 0.4) is 0 Å². The van der Waals surface area contributed by atoms with Crippen molar-refractivity contribution >= 4 is 11.6 Å². The summed E-state index contributed by atoms with van der Waals surface area (Å²) in [5, 5.41) is 3.37. The number of rotatable bonds is 18. The lowest BCUT2D eigenvalue weighted by atomic mass is 10.1. The van der Waals surface area contributed by atoms with Gasteiger partial charge in [-0.25, -0.2) is 9.97 Å². The van der Waals surface area contributed by atoms with Crippen LogP contribution in [0, 0.1) is 0 Å². The lowest BCUT2D eigenvalue weighted by Crippen LogP contribution is -2.28. The summed E-state index contributed by atoms with van der Waals surface area (Å²) in [5.41, 5.74) is 4.67. The third kappa shape index (κ3) is 9.19. The fraction of sp³-hybridized carbons (Fsp3) is 0.375. The minimum Gasteiger partial charge on any atom is -0.496 e. The smallest absolute Gasteiger partial charge is 0.227 e. The molecule has 8 nitrogen and oxygen atoms in total. The van der Waals surface area contributed by atoms with Crippen molar-refractivity contribution in [3.05, 3.63) is 85.1 Å². The van der Waals surface area contributed by atoms with Gasteiger partial charge in [-0.15, -0.1) is 13.2 Å². The van der Waals surface area contributed by atoms with E-state index in [4.69, 9.17) is 19.2 Å². The van der Waals surface area contributed by atoms with Gasteiger partial charge in [0.1, 0.15) is 18.1 Å². The number of benzene rings is 2. The molecule has 0 aliphatic rings. The van der Waals surface area contributed by atoms with Crippen LogP contribution in [0.2, 0.25) is 0 Å². The van der Waals surface area contributed by atoms with E-state index >= 15 is 0 Å². The van der Waals surface area contributed by atoms with Gasteiger partial charge in [-0.1, -0.05) is 26.0 Å². The summed E-state index contributed by atoms with van der Waals surface area (Å²) in [6, 6.07) is 14.0. The number of methoxy groups -OCH3 is 1. The molecule has 0 bridgehead atoms. The van der Waals surface area contributed by atoms with Crippen LogP contribution in [-0.4, -0.2) is 73.3 Å². The Bertz CT molecular complexity index is 1230. The van der Waals surface area contributed by atoms with E-state index < -0.39 is 0 Å². The van der Waals surface area contributed by atoms with Crippen LogP contribution >= 0.6 is 0 Å². The van der Waals surface area contributed by atoms with E-state index in [0.717, 1.165) is 72.3 Å². The summed E-state index contributed by atoms with van der Waals surface area (Å²) >= 11 is 0. The average Bonchev–Trinajstić information content (AvgIpc) is 2.96. The molecular formula is C32H43N5O3. The summed E-state index contributed by atoms with van der Waals surface area (Å²) in [4.78, 5) is 13.8. The maximum atomic E-state index is 6.22. The summed E-state index contributed by atoms with van der Waals surface area (Å²) in [6.07, 6.45) is 5.39. The third-order valence-corrected chi connectivity index (χ3v) is 6.48. The van der Waals surface area contributed by atoms with E-state index in [1.54, 1.807) is 19.4 Å². The molecule has 40 heavy (non-hydrogen) atoms. The van der Waals surface area contributed by atoms with Gasteiger partial charge >= 0.3 is 0 Å². The molecule has 2 aromatic carbocycles. The second kappa shape index (κ2) is 16.4. The Morgan fingerprint density at radius 2 is 1.77 bits per heavy atom. The molecule has 0 amide bonds. The van der Waals surface area contributed by atoms with E-state index in [0.29, 0.717) is 25.8 Å². The van der Waals surface area contributed by atoms with Crippen LogP contribution in [-0.2, 0) is 17.9 Å². The molecule has 214 valence electrons. The molecule has 3 rings (SSSR count). The SMILES string of the molecule is C=CCOCc1cc(-c2ccnc(Nc3ccc(OCCN(CC)CC)c(CN(C)CC=C)c3)n2)ccc1OC. The van der Waals surface area contributed by atoms with Gasteiger partial charge in [0.2, 0.25) is 5.95 Å². The molecule has 0 atom stereocenters. The average molecular weight is 546 g/mol. The molecule has 0 radical (unpaired) electrons. The van der Waals surface area contributed by atoms with Crippen molar-refractivity contribution in [2.75, 3.05) is 58.9 Å². The van der Waals surface area contributed by atoms with Crippen molar-refractivity contribution < 1.29 is 14.2 Å². The molecular weight excluding hydrogens is 502 g/mol. The first kappa shape index (κ1) is 30.8. The second-order valence-corrected chi connectivity index (χ2v) is 9.40. The summed E-state index contributed by atoms with van der Waals surface area (Å²) in [7, 11) is 3.73. The standard InChI is InChI=1S/C32H43N5O3/c1-7-17-36(5)23-26-22-28(12-14-31(26)40-20-18-37(9-3)10-4)34-32-33-16-15-29(35-32)25-11-13-30(38-6)27(21-25)24-39-19-8-2/h7-8,11-16,21-22H,1-2,9-10,17-20,23-24H2,3-6H3,(H,33,34,35). The van der Waals surface area contributed by atoms with E-state index in [2.05, 4.69) is 60.2 Å². The van der Waals surface area contributed by atoms with Gasteiger partial charge in [-0.2, -0.15) is 0 Å². The Balaban J connectivity index is 1.80. The molecule has 0 fully saturated rings. The molecule has 1 heterocycles. The predicted molar refractivity (Wildman–Crippen MR) is 163 cm³/mol. The van der Waals surface area contributed by atoms with E-state index in [1.165, 1.54) is 0 Å². The van der Waals surface area contributed by atoms with Crippen LogP contribution < -0.4 is 14.8 Å². The highest BCUT2D eigenvalue weighted by atomic mass is 16.5. The van der Waals surface area contributed by atoms with Crippen molar-refractivity contribution in [3.63, 3.8) is 0 Å². The van der Waals surface area contributed by atoms with Crippen LogP contribution in [0.1, 0.15) is 25.0 Å². The van der Waals surface area contributed by atoms with E-state index in [1.807, 2.05) is 42.5 Å². The van der Waals surface area contributed by atoms with Gasteiger partial charge in [-0.05, 0) is 62.6 Å². The van der Waals surface area contributed by atoms with E-state index in [-0.39, 0.29) is 0 Å².